The van der Waals surface area contributed by atoms with Crippen LogP contribution in [0, 0.1) is 11.8 Å². The van der Waals surface area contributed by atoms with Crippen molar-refractivity contribution in [2.24, 2.45) is 11.8 Å². The first-order chi connectivity index (χ1) is 4.74. The minimum Gasteiger partial charge on any atom is -0.394 e. The molecule has 0 aromatic rings. The Bertz CT molecular complexity index is 101. The molecule has 0 saturated carbocycles. The number of rotatable bonds is 2. The normalized spacial score (nSPS) is 33.6. The van der Waals surface area contributed by atoms with E-state index in [1.165, 1.54) is 0 Å². The van der Waals surface area contributed by atoms with Gasteiger partial charge >= 0.3 is 0 Å². The zero-order valence-corrected chi connectivity index (χ0v) is 6.71. The van der Waals surface area contributed by atoms with Crippen molar-refractivity contribution in [3.63, 3.8) is 0 Å². The molecule has 1 saturated heterocycles. The smallest absolute Gasteiger partial charge is 0.0809 e. The van der Waals surface area contributed by atoms with Crippen LogP contribution in [0.3, 0.4) is 0 Å². The molecule has 0 radical (unpaired) electrons. The highest BCUT2D eigenvalue weighted by atomic mass is 16.5. The Labute approximate surface area is 62.2 Å². The second kappa shape index (κ2) is 3.35. The SMILES string of the molecule is CC(C)C1COC(CO)C1. The molecule has 0 amide bonds. The molecule has 0 aromatic carbocycles. The first-order valence-electron chi connectivity index (χ1n) is 3.96. The third kappa shape index (κ3) is 1.70. The molecular weight excluding hydrogens is 128 g/mol. The van der Waals surface area contributed by atoms with Crippen LogP contribution in [-0.2, 0) is 4.74 Å². The average molecular weight is 144 g/mol. The maximum absolute atomic E-state index is 8.74. The summed E-state index contributed by atoms with van der Waals surface area (Å²) in [5.41, 5.74) is 0. The average Bonchev–Trinajstić information content (AvgIpc) is 2.34. The Morgan fingerprint density at radius 1 is 1.60 bits per heavy atom. The van der Waals surface area contributed by atoms with Crippen molar-refractivity contribution >= 4 is 0 Å². The molecule has 2 nitrogen and oxygen atoms in total. The van der Waals surface area contributed by atoms with Crippen molar-refractivity contribution < 1.29 is 9.84 Å². The third-order valence-electron chi connectivity index (χ3n) is 2.26. The fourth-order valence-corrected chi connectivity index (χ4v) is 1.33. The highest BCUT2D eigenvalue weighted by Gasteiger charge is 2.26. The second-order valence-corrected chi connectivity index (χ2v) is 3.38. The second-order valence-electron chi connectivity index (χ2n) is 3.38. The van der Waals surface area contributed by atoms with E-state index in [1.54, 1.807) is 0 Å². The predicted octanol–water partition coefficient (Wildman–Crippen LogP) is 1.04. The molecule has 1 rings (SSSR count). The summed E-state index contributed by atoms with van der Waals surface area (Å²) < 4.78 is 5.33. The van der Waals surface area contributed by atoms with Crippen LogP contribution in [0.25, 0.3) is 0 Å². The van der Waals surface area contributed by atoms with Crippen molar-refractivity contribution in [3.05, 3.63) is 0 Å². The fraction of sp³-hybridized carbons (Fsp3) is 1.00. The molecule has 1 aliphatic heterocycles. The summed E-state index contributed by atoms with van der Waals surface area (Å²) >= 11 is 0. The van der Waals surface area contributed by atoms with Gasteiger partial charge in [0.25, 0.3) is 0 Å². The van der Waals surface area contributed by atoms with Gasteiger partial charge in [0.2, 0.25) is 0 Å². The summed E-state index contributed by atoms with van der Waals surface area (Å²) in [6, 6.07) is 0. The molecule has 1 heterocycles. The lowest BCUT2D eigenvalue weighted by atomic mass is 9.94. The van der Waals surface area contributed by atoms with Gasteiger partial charge in [0.1, 0.15) is 0 Å². The molecule has 2 heteroatoms. The van der Waals surface area contributed by atoms with Gasteiger partial charge in [0, 0.05) is 0 Å². The van der Waals surface area contributed by atoms with Crippen LogP contribution in [0.2, 0.25) is 0 Å². The molecule has 2 atom stereocenters. The van der Waals surface area contributed by atoms with E-state index >= 15 is 0 Å². The number of aliphatic hydroxyl groups excluding tert-OH is 1. The van der Waals surface area contributed by atoms with Crippen molar-refractivity contribution in [3.8, 4) is 0 Å². The molecular formula is C8H16O2. The lowest BCUT2D eigenvalue weighted by Crippen LogP contribution is -2.11. The van der Waals surface area contributed by atoms with E-state index in [0.29, 0.717) is 11.8 Å². The first kappa shape index (κ1) is 8.02. The van der Waals surface area contributed by atoms with Crippen LogP contribution < -0.4 is 0 Å². The molecule has 60 valence electrons. The van der Waals surface area contributed by atoms with Crippen LogP contribution in [0.15, 0.2) is 0 Å². The predicted molar refractivity (Wildman–Crippen MR) is 39.8 cm³/mol. The number of aliphatic hydroxyl groups is 1. The quantitative estimate of drug-likeness (QED) is 0.627. The van der Waals surface area contributed by atoms with Gasteiger partial charge in [-0.2, -0.15) is 0 Å². The van der Waals surface area contributed by atoms with Crippen molar-refractivity contribution in [1.82, 2.24) is 0 Å². The summed E-state index contributed by atoms with van der Waals surface area (Å²) in [5, 5.41) is 8.74. The zero-order chi connectivity index (χ0) is 7.56. The van der Waals surface area contributed by atoms with Crippen LogP contribution >= 0.6 is 0 Å². The molecule has 0 spiro atoms. The Morgan fingerprint density at radius 2 is 2.30 bits per heavy atom. The Morgan fingerprint density at radius 3 is 2.60 bits per heavy atom. The summed E-state index contributed by atoms with van der Waals surface area (Å²) in [7, 11) is 0. The van der Waals surface area contributed by atoms with E-state index < -0.39 is 0 Å². The Hall–Kier alpha value is -0.0800. The topological polar surface area (TPSA) is 29.5 Å². The Balaban J connectivity index is 2.28. The lowest BCUT2D eigenvalue weighted by molar-refractivity contribution is 0.0563. The van der Waals surface area contributed by atoms with E-state index in [1.807, 2.05) is 0 Å². The monoisotopic (exact) mass is 144 g/mol. The van der Waals surface area contributed by atoms with E-state index in [4.69, 9.17) is 9.84 Å². The minimum absolute atomic E-state index is 0.118. The van der Waals surface area contributed by atoms with E-state index in [9.17, 15) is 0 Å². The van der Waals surface area contributed by atoms with Gasteiger partial charge in [0.15, 0.2) is 0 Å². The molecule has 2 unspecified atom stereocenters. The fourth-order valence-electron chi connectivity index (χ4n) is 1.33. The van der Waals surface area contributed by atoms with Gasteiger partial charge in [-0.1, -0.05) is 13.8 Å². The lowest BCUT2D eigenvalue weighted by Gasteiger charge is -2.10. The summed E-state index contributed by atoms with van der Waals surface area (Å²) in [5.74, 6) is 1.36. The van der Waals surface area contributed by atoms with Crippen molar-refractivity contribution in [2.45, 2.75) is 26.4 Å². The van der Waals surface area contributed by atoms with Gasteiger partial charge in [-0.3, -0.25) is 0 Å². The molecule has 0 aromatic heterocycles. The highest BCUT2D eigenvalue weighted by molar-refractivity contribution is 4.74. The Kier molecular flexibility index (Phi) is 2.69. The standard InChI is InChI=1S/C8H16O2/c1-6(2)7-3-8(4-9)10-5-7/h6-9H,3-5H2,1-2H3. The van der Waals surface area contributed by atoms with E-state index in [2.05, 4.69) is 13.8 Å². The maximum Gasteiger partial charge on any atom is 0.0809 e. The van der Waals surface area contributed by atoms with Crippen LogP contribution in [0.4, 0.5) is 0 Å². The van der Waals surface area contributed by atoms with Crippen molar-refractivity contribution in [2.75, 3.05) is 13.2 Å². The highest BCUT2D eigenvalue weighted by Crippen LogP contribution is 2.25. The molecule has 1 aliphatic rings. The minimum atomic E-state index is 0.118. The number of hydrogen-bond donors (Lipinski definition) is 1. The largest absolute Gasteiger partial charge is 0.394 e. The first-order valence-corrected chi connectivity index (χ1v) is 3.96. The molecule has 1 N–H and O–H groups in total. The van der Waals surface area contributed by atoms with E-state index in [0.717, 1.165) is 13.0 Å². The van der Waals surface area contributed by atoms with E-state index in [-0.39, 0.29) is 12.7 Å². The number of ether oxygens (including phenoxy) is 1. The zero-order valence-electron chi connectivity index (χ0n) is 6.71. The summed E-state index contributed by atoms with van der Waals surface area (Å²) in [4.78, 5) is 0. The van der Waals surface area contributed by atoms with Crippen molar-refractivity contribution in [1.29, 1.82) is 0 Å². The van der Waals surface area contributed by atoms with Gasteiger partial charge in [0.05, 0.1) is 19.3 Å². The molecule has 10 heavy (non-hydrogen) atoms. The van der Waals surface area contributed by atoms with Gasteiger partial charge in [-0.15, -0.1) is 0 Å². The van der Waals surface area contributed by atoms with Crippen LogP contribution in [-0.4, -0.2) is 24.4 Å². The third-order valence-corrected chi connectivity index (χ3v) is 2.26. The summed E-state index contributed by atoms with van der Waals surface area (Å²) in [6.45, 7) is 5.42. The molecule has 1 fully saturated rings. The van der Waals surface area contributed by atoms with Crippen LogP contribution in [0.5, 0.6) is 0 Å². The number of hydrogen-bond acceptors (Lipinski definition) is 2. The maximum atomic E-state index is 8.74. The van der Waals surface area contributed by atoms with Crippen LogP contribution in [0.1, 0.15) is 20.3 Å². The van der Waals surface area contributed by atoms with Gasteiger partial charge in [-0.25, -0.2) is 0 Å². The molecule has 0 bridgehead atoms. The molecule has 0 aliphatic carbocycles. The summed E-state index contributed by atoms with van der Waals surface area (Å²) in [6.07, 6.45) is 1.15. The van der Waals surface area contributed by atoms with Gasteiger partial charge in [-0.05, 0) is 18.3 Å². The van der Waals surface area contributed by atoms with Gasteiger partial charge < -0.3 is 9.84 Å².